The van der Waals surface area contributed by atoms with Gasteiger partial charge in [-0.3, -0.25) is 19.3 Å². The van der Waals surface area contributed by atoms with E-state index in [4.69, 9.17) is 0 Å². The van der Waals surface area contributed by atoms with Crippen LogP contribution in [-0.4, -0.2) is 40.6 Å². The highest BCUT2D eigenvalue weighted by Gasteiger charge is 2.47. The number of allylic oxidation sites excluding steroid dienone is 2. The normalized spacial score (nSPS) is 22.6. The maximum Gasteiger partial charge on any atom is 0.243 e. The number of benzene rings is 1. The molecule has 0 spiro atoms. The predicted octanol–water partition coefficient (Wildman–Crippen LogP) is 1.99. The van der Waals surface area contributed by atoms with Crippen LogP contribution in [0, 0.1) is 11.8 Å². The molecule has 2 unspecified atom stereocenters. The first-order valence-corrected chi connectivity index (χ1v) is 8.43. The van der Waals surface area contributed by atoms with Crippen LogP contribution in [0.5, 0.6) is 0 Å². The van der Waals surface area contributed by atoms with Crippen LogP contribution >= 0.6 is 0 Å². The van der Waals surface area contributed by atoms with Crippen LogP contribution in [0.25, 0.3) is 0 Å². The van der Waals surface area contributed by atoms with Crippen molar-refractivity contribution in [2.75, 3.05) is 13.1 Å². The van der Waals surface area contributed by atoms with Gasteiger partial charge in [-0.15, -0.1) is 0 Å². The van der Waals surface area contributed by atoms with Crippen molar-refractivity contribution in [1.29, 1.82) is 0 Å². The summed E-state index contributed by atoms with van der Waals surface area (Å²) in [5.74, 6) is -1.13. The Morgan fingerprint density at radius 1 is 1.08 bits per heavy atom. The second-order valence-electron chi connectivity index (χ2n) is 6.31. The van der Waals surface area contributed by atoms with E-state index in [0.29, 0.717) is 25.9 Å². The average Bonchev–Trinajstić information content (AvgIpc) is 2.86. The first-order valence-electron chi connectivity index (χ1n) is 8.43. The van der Waals surface area contributed by atoms with Crippen molar-refractivity contribution in [1.82, 2.24) is 9.80 Å². The third-order valence-corrected chi connectivity index (χ3v) is 4.84. The Hall–Kier alpha value is -2.43. The molecule has 1 aliphatic heterocycles. The Bertz CT molecular complexity index is 642. The van der Waals surface area contributed by atoms with E-state index in [1.54, 1.807) is 4.90 Å². The zero-order valence-corrected chi connectivity index (χ0v) is 13.9. The van der Waals surface area contributed by atoms with E-state index < -0.39 is 0 Å². The molecule has 5 nitrogen and oxygen atoms in total. The second-order valence-corrected chi connectivity index (χ2v) is 6.31. The van der Waals surface area contributed by atoms with E-state index in [2.05, 4.69) is 0 Å². The van der Waals surface area contributed by atoms with Gasteiger partial charge < -0.3 is 4.90 Å². The monoisotopic (exact) mass is 326 g/mol. The number of carbonyl (C=O) groups excluding carboxylic acids is 3. The number of likely N-dealkylation sites (tertiary alicyclic amines) is 1. The third kappa shape index (κ3) is 3.11. The third-order valence-electron chi connectivity index (χ3n) is 4.84. The number of fused-ring (bicyclic) bond motifs is 1. The predicted molar refractivity (Wildman–Crippen MR) is 89.6 cm³/mol. The van der Waals surface area contributed by atoms with Crippen LogP contribution in [0.4, 0.5) is 0 Å². The van der Waals surface area contributed by atoms with Gasteiger partial charge in [0, 0.05) is 13.1 Å². The molecule has 3 amide bonds. The maximum atomic E-state index is 12.6. The van der Waals surface area contributed by atoms with Crippen molar-refractivity contribution in [2.45, 2.75) is 26.3 Å². The number of amides is 3. The number of hydrogen-bond acceptors (Lipinski definition) is 3. The number of carbonyl (C=O) groups is 3. The molecule has 1 heterocycles. The Morgan fingerprint density at radius 2 is 1.67 bits per heavy atom. The van der Waals surface area contributed by atoms with Gasteiger partial charge >= 0.3 is 0 Å². The Kier molecular flexibility index (Phi) is 4.79. The first kappa shape index (κ1) is 16.4. The van der Waals surface area contributed by atoms with Gasteiger partial charge in [0.25, 0.3) is 0 Å². The summed E-state index contributed by atoms with van der Waals surface area (Å²) < 4.78 is 0. The smallest absolute Gasteiger partial charge is 0.243 e. The molecule has 2 atom stereocenters. The van der Waals surface area contributed by atoms with Gasteiger partial charge in [-0.25, -0.2) is 0 Å². The van der Waals surface area contributed by atoms with E-state index in [1.807, 2.05) is 49.4 Å². The van der Waals surface area contributed by atoms with Gasteiger partial charge in [-0.2, -0.15) is 0 Å². The zero-order valence-electron chi connectivity index (χ0n) is 13.9. The molecule has 0 N–H and O–H groups in total. The fraction of sp³-hybridized carbons (Fsp3) is 0.421. The van der Waals surface area contributed by atoms with E-state index in [1.165, 1.54) is 0 Å². The number of nitrogens with zero attached hydrogens (tertiary/aromatic N) is 2. The maximum absolute atomic E-state index is 12.6. The minimum absolute atomic E-state index is 0.147. The van der Waals surface area contributed by atoms with Crippen molar-refractivity contribution in [3.63, 3.8) is 0 Å². The molecule has 2 aliphatic rings. The van der Waals surface area contributed by atoms with Gasteiger partial charge in [0.05, 0.1) is 11.8 Å². The molecule has 1 saturated heterocycles. The minimum Gasteiger partial charge on any atom is -0.337 e. The zero-order chi connectivity index (χ0) is 17.1. The lowest BCUT2D eigenvalue weighted by molar-refractivity contribution is -0.146. The molecule has 1 aromatic rings. The molecule has 0 radical (unpaired) electrons. The minimum atomic E-state index is -0.278. The fourth-order valence-corrected chi connectivity index (χ4v) is 3.44. The molecule has 1 aliphatic carbocycles. The summed E-state index contributed by atoms with van der Waals surface area (Å²) in [5.41, 5.74) is 1.03. The van der Waals surface area contributed by atoms with E-state index in [0.717, 1.165) is 10.5 Å². The van der Waals surface area contributed by atoms with Crippen molar-refractivity contribution in [3.8, 4) is 0 Å². The van der Waals surface area contributed by atoms with Crippen molar-refractivity contribution >= 4 is 17.7 Å². The SMILES string of the molecule is CCN(Cc1ccccc1)C(=O)CN1C(=O)C2CC=CCC2C1=O. The van der Waals surface area contributed by atoms with Gasteiger partial charge in [-0.1, -0.05) is 42.5 Å². The van der Waals surface area contributed by atoms with Crippen LogP contribution in [0.1, 0.15) is 25.3 Å². The van der Waals surface area contributed by atoms with Crippen LogP contribution in [0.15, 0.2) is 42.5 Å². The molecule has 0 bridgehead atoms. The number of hydrogen-bond donors (Lipinski definition) is 0. The fourth-order valence-electron chi connectivity index (χ4n) is 3.44. The quantitative estimate of drug-likeness (QED) is 0.614. The Morgan fingerprint density at radius 3 is 2.21 bits per heavy atom. The highest BCUT2D eigenvalue weighted by atomic mass is 16.2. The molecular formula is C19H22N2O3. The van der Waals surface area contributed by atoms with Crippen LogP contribution < -0.4 is 0 Å². The standard InChI is InChI=1S/C19H22N2O3/c1-2-20(12-14-8-4-3-5-9-14)17(22)13-21-18(23)15-10-6-7-11-16(15)19(21)24/h3-9,15-16H,2,10-13H2,1H3. The lowest BCUT2D eigenvalue weighted by Gasteiger charge is -2.24. The highest BCUT2D eigenvalue weighted by molar-refractivity contribution is 6.07. The number of likely N-dealkylation sites (N-methyl/N-ethyl adjacent to an activating group) is 1. The Labute approximate surface area is 141 Å². The van der Waals surface area contributed by atoms with Crippen molar-refractivity contribution in [2.24, 2.45) is 11.8 Å². The van der Waals surface area contributed by atoms with Crippen LogP contribution in [-0.2, 0) is 20.9 Å². The first-order chi connectivity index (χ1) is 11.6. The molecule has 126 valence electrons. The highest BCUT2D eigenvalue weighted by Crippen LogP contribution is 2.34. The second kappa shape index (κ2) is 6.99. The summed E-state index contributed by atoms with van der Waals surface area (Å²) in [6.45, 7) is 2.78. The van der Waals surface area contributed by atoms with Crippen molar-refractivity contribution in [3.05, 3.63) is 48.0 Å². The summed E-state index contributed by atoms with van der Waals surface area (Å²) in [6.07, 6.45) is 5.10. The topological polar surface area (TPSA) is 57.7 Å². The van der Waals surface area contributed by atoms with Gasteiger partial charge in [0.2, 0.25) is 17.7 Å². The molecule has 24 heavy (non-hydrogen) atoms. The molecule has 1 aromatic carbocycles. The molecule has 0 saturated carbocycles. The number of imide groups is 1. The molecular weight excluding hydrogens is 304 g/mol. The van der Waals surface area contributed by atoms with Gasteiger partial charge in [-0.05, 0) is 25.3 Å². The van der Waals surface area contributed by atoms with Crippen LogP contribution in [0.2, 0.25) is 0 Å². The summed E-state index contributed by atoms with van der Waals surface area (Å²) in [6, 6.07) is 9.71. The van der Waals surface area contributed by atoms with E-state index >= 15 is 0 Å². The Balaban J connectivity index is 1.67. The van der Waals surface area contributed by atoms with E-state index in [9.17, 15) is 14.4 Å². The summed E-state index contributed by atoms with van der Waals surface area (Å²) in [5, 5.41) is 0. The van der Waals surface area contributed by atoms with Crippen LogP contribution in [0.3, 0.4) is 0 Å². The molecule has 0 aromatic heterocycles. The lowest BCUT2D eigenvalue weighted by Crippen LogP contribution is -2.42. The largest absolute Gasteiger partial charge is 0.337 e. The number of rotatable bonds is 5. The van der Waals surface area contributed by atoms with Gasteiger partial charge in [0.1, 0.15) is 6.54 Å². The summed E-state index contributed by atoms with van der Waals surface area (Å²) in [7, 11) is 0. The molecule has 5 heteroatoms. The van der Waals surface area contributed by atoms with E-state index in [-0.39, 0.29) is 36.1 Å². The molecule has 3 rings (SSSR count). The average molecular weight is 326 g/mol. The molecule has 1 fully saturated rings. The lowest BCUT2D eigenvalue weighted by atomic mass is 9.85. The summed E-state index contributed by atoms with van der Waals surface area (Å²) in [4.78, 5) is 40.3. The summed E-state index contributed by atoms with van der Waals surface area (Å²) >= 11 is 0. The van der Waals surface area contributed by atoms with Crippen molar-refractivity contribution < 1.29 is 14.4 Å². The van der Waals surface area contributed by atoms with Gasteiger partial charge in [0.15, 0.2) is 0 Å².